The monoisotopic (exact) mass is 484 g/mol. The van der Waals surface area contributed by atoms with Crippen LogP contribution in [0.3, 0.4) is 0 Å². The molecule has 1 aliphatic rings. The van der Waals surface area contributed by atoms with Crippen LogP contribution in [0.1, 0.15) is 29.7 Å². The average molecular weight is 485 g/mol. The van der Waals surface area contributed by atoms with Crippen molar-refractivity contribution in [3.63, 3.8) is 0 Å². The van der Waals surface area contributed by atoms with E-state index < -0.39 is 5.91 Å². The smallest absolute Gasteiger partial charge is 0.248 e. The molecule has 0 bridgehead atoms. The maximum atomic E-state index is 13.3. The van der Waals surface area contributed by atoms with Crippen LogP contribution in [-0.2, 0) is 22.4 Å². The van der Waals surface area contributed by atoms with E-state index >= 15 is 0 Å². The molecule has 1 fully saturated rings. The van der Waals surface area contributed by atoms with E-state index in [0.29, 0.717) is 18.1 Å². The molecule has 2 amide bonds. The predicted octanol–water partition coefficient (Wildman–Crippen LogP) is 3.98. The highest BCUT2D eigenvalue weighted by atomic mass is 32.1. The number of amides is 2. The maximum Gasteiger partial charge on any atom is 0.248 e. The molecule has 4 rings (SSSR count). The number of aromatic nitrogens is 1. The number of thiophene rings is 1. The van der Waals surface area contributed by atoms with Gasteiger partial charge in [0.2, 0.25) is 11.8 Å². The van der Waals surface area contributed by atoms with Crippen molar-refractivity contribution < 1.29 is 14.8 Å². The SMILES string of the molecule is O=C(Cc1ccc(-c2csc(N(CCN3CCCCC3)C(=O)Cc3ccccc3)n2)s1)NO. The highest BCUT2D eigenvalue weighted by Gasteiger charge is 2.22. The number of likely N-dealkylation sites (tertiary alicyclic amines) is 1. The Kier molecular flexibility index (Phi) is 8.22. The average Bonchev–Trinajstić information content (AvgIpc) is 3.50. The molecule has 9 heteroatoms. The molecule has 1 saturated heterocycles. The third-order valence-corrected chi connectivity index (χ3v) is 7.66. The van der Waals surface area contributed by atoms with Gasteiger partial charge in [-0.2, -0.15) is 0 Å². The van der Waals surface area contributed by atoms with Gasteiger partial charge in [0.15, 0.2) is 5.13 Å². The van der Waals surface area contributed by atoms with Crippen molar-refractivity contribution >= 4 is 39.6 Å². The van der Waals surface area contributed by atoms with E-state index in [1.165, 1.54) is 41.9 Å². The minimum absolute atomic E-state index is 0.0468. The van der Waals surface area contributed by atoms with Crippen molar-refractivity contribution in [2.75, 3.05) is 31.1 Å². The van der Waals surface area contributed by atoms with E-state index in [0.717, 1.165) is 40.6 Å². The Morgan fingerprint density at radius 1 is 1.06 bits per heavy atom. The summed E-state index contributed by atoms with van der Waals surface area (Å²) in [5.74, 6) is -0.400. The van der Waals surface area contributed by atoms with E-state index in [4.69, 9.17) is 10.2 Å². The first-order valence-corrected chi connectivity index (χ1v) is 12.9. The first-order valence-electron chi connectivity index (χ1n) is 11.2. The second-order valence-corrected chi connectivity index (χ2v) is 10.1. The molecule has 2 N–H and O–H groups in total. The molecular weight excluding hydrogens is 456 g/mol. The quantitative estimate of drug-likeness (QED) is 0.354. The number of rotatable bonds is 9. The zero-order valence-electron chi connectivity index (χ0n) is 18.4. The Bertz CT molecular complexity index is 1060. The van der Waals surface area contributed by atoms with Gasteiger partial charge in [-0.3, -0.25) is 19.7 Å². The van der Waals surface area contributed by atoms with Gasteiger partial charge >= 0.3 is 0 Å². The van der Waals surface area contributed by atoms with Crippen LogP contribution >= 0.6 is 22.7 Å². The highest BCUT2D eigenvalue weighted by Crippen LogP contribution is 2.32. The minimum Gasteiger partial charge on any atom is -0.302 e. The van der Waals surface area contributed by atoms with E-state index in [2.05, 4.69) is 4.90 Å². The van der Waals surface area contributed by atoms with Crippen molar-refractivity contribution in [3.8, 4) is 10.6 Å². The number of thiazole rings is 1. The van der Waals surface area contributed by atoms with Gasteiger partial charge in [-0.1, -0.05) is 36.8 Å². The van der Waals surface area contributed by atoms with Crippen LogP contribution in [-0.4, -0.2) is 53.1 Å². The molecule has 2 aromatic heterocycles. The number of hydrogen-bond acceptors (Lipinski definition) is 7. The van der Waals surface area contributed by atoms with Gasteiger partial charge < -0.3 is 4.90 Å². The normalized spacial score (nSPS) is 14.2. The molecule has 0 aliphatic carbocycles. The van der Waals surface area contributed by atoms with Gasteiger partial charge in [-0.05, 0) is 43.6 Å². The molecular formula is C24H28N4O3S2. The Morgan fingerprint density at radius 3 is 2.61 bits per heavy atom. The molecule has 0 saturated carbocycles. The summed E-state index contributed by atoms with van der Waals surface area (Å²) in [6, 6.07) is 13.6. The first-order chi connectivity index (χ1) is 16.1. The summed E-state index contributed by atoms with van der Waals surface area (Å²) >= 11 is 2.93. The summed E-state index contributed by atoms with van der Waals surface area (Å²) < 4.78 is 0. The molecule has 3 aromatic rings. The standard InChI is InChI=1S/C24H28N4O3S2/c29-22(26-31)16-19-9-10-21(33-19)20-17-32-24(25-20)28(14-13-27-11-5-2-6-12-27)23(30)15-18-7-3-1-4-8-18/h1,3-4,7-10,17,31H,2,5-6,11-16H2,(H,26,29). The van der Waals surface area contributed by atoms with Crippen LogP contribution in [0.5, 0.6) is 0 Å². The van der Waals surface area contributed by atoms with E-state index in [1.807, 2.05) is 52.7 Å². The number of carbonyl (C=O) groups is 2. The Hall–Kier alpha value is -2.59. The number of nitrogens with zero attached hydrogens (tertiary/aromatic N) is 3. The Labute approximate surface area is 201 Å². The third kappa shape index (κ3) is 6.48. The molecule has 0 radical (unpaired) electrons. The van der Waals surface area contributed by atoms with Crippen molar-refractivity contribution in [1.82, 2.24) is 15.4 Å². The molecule has 0 spiro atoms. The van der Waals surface area contributed by atoms with Crippen molar-refractivity contribution in [1.29, 1.82) is 0 Å². The number of benzene rings is 1. The zero-order chi connectivity index (χ0) is 23.0. The fraction of sp³-hybridized carbons (Fsp3) is 0.375. The van der Waals surface area contributed by atoms with Crippen LogP contribution in [0.4, 0.5) is 5.13 Å². The number of hydrogen-bond donors (Lipinski definition) is 2. The lowest BCUT2D eigenvalue weighted by molar-refractivity contribution is -0.128. The summed E-state index contributed by atoms with van der Waals surface area (Å²) in [5, 5.41) is 11.4. The summed E-state index contributed by atoms with van der Waals surface area (Å²) in [5.41, 5.74) is 3.45. The number of carbonyl (C=O) groups excluding carboxylic acids is 2. The van der Waals surface area contributed by atoms with Gasteiger partial charge in [0.05, 0.1) is 23.4 Å². The number of anilines is 1. The first kappa shape index (κ1) is 23.6. The zero-order valence-corrected chi connectivity index (χ0v) is 20.0. The van der Waals surface area contributed by atoms with Crippen molar-refractivity contribution in [3.05, 3.63) is 58.3 Å². The lowest BCUT2D eigenvalue weighted by Crippen LogP contribution is -2.41. The summed E-state index contributed by atoms with van der Waals surface area (Å²) in [6.07, 6.45) is 4.18. The Morgan fingerprint density at radius 2 is 1.85 bits per heavy atom. The molecule has 33 heavy (non-hydrogen) atoms. The van der Waals surface area contributed by atoms with Crippen molar-refractivity contribution in [2.45, 2.75) is 32.1 Å². The van der Waals surface area contributed by atoms with Crippen molar-refractivity contribution in [2.24, 2.45) is 0 Å². The van der Waals surface area contributed by atoms with Crippen LogP contribution in [0, 0.1) is 0 Å². The lowest BCUT2D eigenvalue weighted by atomic mass is 10.1. The molecule has 3 heterocycles. The second kappa shape index (κ2) is 11.5. The third-order valence-electron chi connectivity index (χ3n) is 5.68. The molecule has 174 valence electrons. The van der Waals surface area contributed by atoms with Crippen LogP contribution in [0.15, 0.2) is 47.8 Å². The fourth-order valence-corrected chi connectivity index (χ4v) is 5.84. The minimum atomic E-state index is -0.447. The van der Waals surface area contributed by atoms with Crippen LogP contribution < -0.4 is 10.4 Å². The predicted molar refractivity (Wildman–Crippen MR) is 132 cm³/mol. The summed E-state index contributed by atoms with van der Waals surface area (Å²) in [4.78, 5) is 35.5. The van der Waals surface area contributed by atoms with Crippen LogP contribution in [0.25, 0.3) is 10.6 Å². The van der Waals surface area contributed by atoms with Gasteiger partial charge in [-0.15, -0.1) is 22.7 Å². The maximum absolute atomic E-state index is 13.3. The van der Waals surface area contributed by atoms with Gasteiger partial charge in [-0.25, -0.2) is 10.5 Å². The van der Waals surface area contributed by atoms with Gasteiger partial charge in [0.25, 0.3) is 0 Å². The number of nitrogens with one attached hydrogen (secondary N) is 1. The topological polar surface area (TPSA) is 85.8 Å². The molecule has 0 unspecified atom stereocenters. The molecule has 0 atom stereocenters. The number of hydroxylamine groups is 1. The van der Waals surface area contributed by atoms with E-state index in [1.54, 1.807) is 5.48 Å². The molecule has 1 aromatic carbocycles. The Balaban J connectivity index is 1.50. The van der Waals surface area contributed by atoms with Crippen LogP contribution in [0.2, 0.25) is 0 Å². The highest BCUT2D eigenvalue weighted by molar-refractivity contribution is 7.17. The number of piperidine rings is 1. The lowest BCUT2D eigenvalue weighted by Gasteiger charge is -2.29. The van der Waals surface area contributed by atoms with E-state index in [-0.39, 0.29) is 12.3 Å². The largest absolute Gasteiger partial charge is 0.302 e. The second-order valence-electron chi connectivity index (χ2n) is 8.10. The summed E-state index contributed by atoms with van der Waals surface area (Å²) in [7, 11) is 0. The van der Waals surface area contributed by atoms with Gasteiger partial charge in [0.1, 0.15) is 0 Å². The molecule has 7 nitrogen and oxygen atoms in total. The molecule has 1 aliphatic heterocycles. The summed E-state index contributed by atoms with van der Waals surface area (Å²) in [6.45, 7) is 3.63. The van der Waals surface area contributed by atoms with Gasteiger partial charge in [0, 0.05) is 23.3 Å². The van der Waals surface area contributed by atoms with E-state index in [9.17, 15) is 9.59 Å². The fourth-order valence-electron chi connectivity index (χ4n) is 3.93.